The smallest absolute Gasteiger partial charge is 0.410 e. The molecule has 4 rings (SSSR count). The molecule has 0 spiro atoms. The zero-order chi connectivity index (χ0) is 15.6. The molecule has 1 aromatic heterocycles. The minimum Gasteiger partial charge on any atom is -0.447 e. The van der Waals surface area contributed by atoms with E-state index in [1.807, 2.05) is 21.8 Å². The lowest BCUT2D eigenvalue weighted by Gasteiger charge is -2.35. The van der Waals surface area contributed by atoms with Crippen molar-refractivity contribution < 1.29 is 9.53 Å². The number of amides is 1. The van der Waals surface area contributed by atoms with Gasteiger partial charge in [0.05, 0.1) is 12.6 Å². The van der Waals surface area contributed by atoms with Gasteiger partial charge in [-0.25, -0.2) is 4.79 Å². The molecule has 0 radical (unpaired) electrons. The first-order valence-corrected chi connectivity index (χ1v) is 7.99. The topological polar surface area (TPSA) is 50.6 Å². The molecule has 1 aromatic carbocycles. The van der Waals surface area contributed by atoms with Crippen LogP contribution in [-0.2, 0) is 17.8 Å². The van der Waals surface area contributed by atoms with Crippen molar-refractivity contribution in [2.24, 2.45) is 0 Å². The van der Waals surface area contributed by atoms with E-state index in [1.54, 1.807) is 6.20 Å². The number of hydrogen-bond acceptors (Lipinski definition) is 4. The Balaban J connectivity index is 1.40. The van der Waals surface area contributed by atoms with Crippen LogP contribution in [0.4, 0.5) is 4.79 Å². The number of hydrogen-bond donors (Lipinski definition) is 0. The summed E-state index contributed by atoms with van der Waals surface area (Å²) in [5, 5.41) is 4.26. The largest absolute Gasteiger partial charge is 0.447 e. The van der Waals surface area contributed by atoms with Crippen molar-refractivity contribution >= 4 is 6.09 Å². The van der Waals surface area contributed by atoms with Crippen LogP contribution in [-0.4, -0.2) is 58.0 Å². The van der Waals surface area contributed by atoms with Crippen LogP contribution >= 0.6 is 0 Å². The van der Waals surface area contributed by atoms with Gasteiger partial charge in [-0.15, -0.1) is 0 Å². The molecule has 0 aliphatic carbocycles. The van der Waals surface area contributed by atoms with Gasteiger partial charge in [0.2, 0.25) is 0 Å². The Morgan fingerprint density at radius 1 is 1.17 bits per heavy atom. The molecule has 0 saturated carbocycles. The lowest BCUT2D eigenvalue weighted by molar-refractivity contribution is 0.115. The second-order valence-electron chi connectivity index (χ2n) is 6.18. The van der Waals surface area contributed by atoms with Crippen molar-refractivity contribution in [2.75, 3.05) is 26.2 Å². The summed E-state index contributed by atoms with van der Waals surface area (Å²) in [5.41, 5.74) is 2.55. The van der Waals surface area contributed by atoms with Crippen LogP contribution in [0.2, 0.25) is 0 Å². The van der Waals surface area contributed by atoms with E-state index in [0.29, 0.717) is 6.61 Å². The maximum Gasteiger partial charge on any atom is 0.410 e. The molecule has 1 amide bonds. The molecule has 2 fully saturated rings. The zero-order valence-corrected chi connectivity index (χ0v) is 13.0. The molecular formula is C17H20N4O2. The second kappa shape index (κ2) is 6.04. The van der Waals surface area contributed by atoms with Gasteiger partial charge in [-0.05, 0) is 17.2 Å². The Morgan fingerprint density at radius 2 is 2.04 bits per heavy atom. The van der Waals surface area contributed by atoms with Crippen LogP contribution in [0, 0.1) is 0 Å². The number of ether oxygens (including phenoxy) is 1. The van der Waals surface area contributed by atoms with E-state index in [9.17, 15) is 4.79 Å². The first kappa shape index (κ1) is 14.3. The fraction of sp³-hybridized carbons (Fsp3) is 0.412. The van der Waals surface area contributed by atoms with Crippen molar-refractivity contribution in [3.8, 4) is 0 Å². The first-order chi connectivity index (χ1) is 11.3. The molecule has 0 bridgehead atoms. The standard InChI is InChI=1S/C17H20N4O2/c22-17-21-8-7-19(12-16(21)13-23-17)10-14-3-1-4-15(9-14)11-20-6-2-5-18-20/h1-6,9,16H,7-8,10-13H2. The van der Waals surface area contributed by atoms with Gasteiger partial charge in [0.25, 0.3) is 0 Å². The molecule has 2 aliphatic rings. The van der Waals surface area contributed by atoms with Crippen LogP contribution < -0.4 is 0 Å². The molecule has 6 heteroatoms. The van der Waals surface area contributed by atoms with Gasteiger partial charge >= 0.3 is 6.09 Å². The lowest BCUT2D eigenvalue weighted by atomic mass is 10.1. The zero-order valence-electron chi connectivity index (χ0n) is 13.0. The number of piperazine rings is 1. The summed E-state index contributed by atoms with van der Waals surface area (Å²) in [7, 11) is 0. The highest BCUT2D eigenvalue weighted by atomic mass is 16.6. The summed E-state index contributed by atoms with van der Waals surface area (Å²) in [6.07, 6.45) is 3.62. The Bertz CT molecular complexity index is 686. The molecule has 1 atom stereocenters. The Morgan fingerprint density at radius 3 is 2.87 bits per heavy atom. The highest BCUT2D eigenvalue weighted by Crippen LogP contribution is 2.19. The number of cyclic esters (lactones) is 1. The molecule has 2 saturated heterocycles. The third-order valence-electron chi connectivity index (χ3n) is 4.50. The van der Waals surface area contributed by atoms with E-state index in [2.05, 4.69) is 34.3 Å². The fourth-order valence-corrected chi connectivity index (χ4v) is 3.36. The number of benzene rings is 1. The van der Waals surface area contributed by atoms with Gasteiger partial charge in [-0.3, -0.25) is 14.5 Å². The van der Waals surface area contributed by atoms with Crippen molar-refractivity contribution in [3.63, 3.8) is 0 Å². The van der Waals surface area contributed by atoms with E-state index in [1.165, 1.54) is 11.1 Å². The van der Waals surface area contributed by atoms with E-state index in [-0.39, 0.29) is 12.1 Å². The average Bonchev–Trinajstić information content (AvgIpc) is 3.18. The molecule has 1 unspecified atom stereocenters. The molecule has 120 valence electrons. The molecular weight excluding hydrogens is 292 g/mol. The summed E-state index contributed by atoms with van der Waals surface area (Å²) in [5.74, 6) is 0. The van der Waals surface area contributed by atoms with E-state index in [4.69, 9.17) is 4.74 Å². The monoisotopic (exact) mass is 312 g/mol. The molecule has 0 N–H and O–H groups in total. The Kier molecular flexibility index (Phi) is 3.75. The van der Waals surface area contributed by atoms with Crippen molar-refractivity contribution in [3.05, 3.63) is 53.9 Å². The number of rotatable bonds is 4. The SMILES string of the molecule is O=C1OCC2CN(Cc3cccc(Cn4cccn4)c3)CCN12. The van der Waals surface area contributed by atoms with Crippen molar-refractivity contribution in [1.82, 2.24) is 19.6 Å². The molecule has 6 nitrogen and oxygen atoms in total. The summed E-state index contributed by atoms with van der Waals surface area (Å²) < 4.78 is 7.06. The van der Waals surface area contributed by atoms with Gasteiger partial charge in [0.1, 0.15) is 6.61 Å². The van der Waals surface area contributed by atoms with Gasteiger partial charge in [0.15, 0.2) is 0 Å². The predicted octanol–water partition coefficient (Wildman–Crippen LogP) is 1.57. The number of fused-ring (bicyclic) bond motifs is 1. The first-order valence-electron chi connectivity index (χ1n) is 7.99. The summed E-state index contributed by atoms with van der Waals surface area (Å²) >= 11 is 0. The third kappa shape index (κ3) is 3.07. The molecule has 2 aromatic rings. The van der Waals surface area contributed by atoms with E-state index < -0.39 is 0 Å². The third-order valence-corrected chi connectivity index (χ3v) is 4.50. The average molecular weight is 312 g/mol. The summed E-state index contributed by atoms with van der Waals surface area (Å²) in [4.78, 5) is 15.8. The van der Waals surface area contributed by atoms with Gasteiger partial charge in [-0.2, -0.15) is 5.10 Å². The van der Waals surface area contributed by atoms with Crippen molar-refractivity contribution in [2.45, 2.75) is 19.1 Å². The highest BCUT2D eigenvalue weighted by Gasteiger charge is 2.37. The number of aromatic nitrogens is 2. The molecule has 23 heavy (non-hydrogen) atoms. The van der Waals surface area contributed by atoms with Crippen LogP contribution in [0.3, 0.4) is 0 Å². The lowest BCUT2D eigenvalue weighted by Crippen LogP contribution is -2.51. The van der Waals surface area contributed by atoms with Crippen molar-refractivity contribution in [1.29, 1.82) is 0 Å². The Labute approximate surface area is 135 Å². The second-order valence-corrected chi connectivity index (χ2v) is 6.18. The predicted molar refractivity (Wildman–Crippen MR) is 84.9 cm³/mol. The normalized spacial score (nSPS) is 21.3. The maximum absolute atomic E-state index is 11.5. The van der Waals surface area contributed by atoms with Gasteiger partial charge in [0, 0.05) is 38.6 Å². The Hall–Kier alpha value is -2.34. The van der Waals surface area contributed by atoms with E-state index >= 15 is 0 Å². The minimum atomic E-state index is -0.157. The fourth-order valence-electron chi connectivity index (χ4n) is 3.36. The quantitative estimate of drug-likeness (QED) is 0.860. The molecule has 2 aliphatic heterocycles. The highest BCUT2D eigenvalue weighted by molar-refractivity contribution is 5.70. The van der Waals surface area contributed by atoms with E-state index in [0.717, 1.165) is 32.7 Å². The van der Waals surface area contributed by atoms with Crippen LogP contribution in [0.25, 0.3) is 0 Å². The summed E-state index contributed by atoms with van der Waals surface area (Å²) in [6, 6.07) is 10.8. The van der Waals surface area contributed by atoms with Crippen LogP contribution in [0.5, 0.6) is 0 Å². The number of carbonyl (C=O) groups excluding carboxylic acids is 1. The van der Waals surface area contributed by atoms with Crippen LogP contribution in [0.1, 0.15) is 11.1 Å². The summed E-state index contributed by atoms with van der Waals surface area (Å²) in [6.45, 7) is 4.76. The minimum absolute atomic E-state index is 0.157. The van der Waals surface area contributed by atoms with Gasteiger partial charge < -0.3 is 4.74 Å². The van der Waals surface area contributed by atoms with Crippen LogP contribution in [0.15, 0.2) is 42.7 Å². The maximum atomic E-state index is 11.5. The van der Waals surface area contributed by atoms with Gasteiger partial charge in [-0.1, -0.05) is 24.3 Å². The molecule has 3 heterocycles. The number of nitrogens with zero attached hydrogens (tertiary/aromatic N) is 4. The number of carbonyl (C=O) groups is 1.